The fraction of sp³-hybridized carbons (Fsp3) is 0.120. The van der Waals surface area contributed by atoms with Crippen molar-refractivity contribution in [2.24, 2.45) is 0 Å². The third kappa shape index (κ3) is 5.67. The molecule has 1 aliphatic heterocycles. The summed E-state index contributed by atoms with van der Waals surface area (Å²) in [4.78, 5) is 52.0. The lowest BCUT2D eigenvalue weighted by Crippen LogP contribution is -2.31. The average molecular weight is 529 g/mol. The van der Waals surface area contributed by atoms with Crippen molar-refractivity contribution >= 4 is 69.9 Å². The maximum atomic E-state index is 12.9. The molecular formula is C25H18Cl2N2O5S. The molecule has 4 rings (SSSR count). The van der Waals surface area contributed by atoms with Crippen LogP contribution in [-0.2, 0) is 14.3 Å². The second kappa shape index (κ2) is 10.5. The number of ketones is 1. The van der Waals surface area contributed by atoms with E-state index in [0.717, 1.165) is 9.80 Å². The third-order valence-electron chi connectivity index (χ3n) is 5.19. The molecule has 1 fully saturated rings. The highest BCUT2D eigenvalue weighted by Gasteiger charge is 2.40. The number of carbonyl (C=O) groups excluding carboxylic acids is 4. The number of carbonyl (C=O) groups is 4. The van der Waals surface area contributed by atoms with E-state index in [-0.39, 0.29) is 34.4 Å². The van der Waals surface area contributed by atoms with Gasteiger partial charge in [0.15, 0.2) is 6.61 Å². The highest BCUT2D eigenvalue weighted by molar-refractivity contribution is 8.00. The number of nitrogens with zero attached hydrogens (tertiary/aromatic N) is 1. The van der Waals surface area contributed by atoms with Crippen molar-refractivity contribution in [3.63, 3.8) is 0 Å². The number of rotatable bonds is 7. The molecule has 0 bridgehead atoms. The summed E-state index contributed by atoms with van der Waals surface area (Å²) in [6.07, 6.45) is 0.0625. The first-order valence-electron chi connectivity index (χ1n) is 10.4. The largest absolute Gasteiger partial charge is 0.454 e. The van der Waals surface area contributed by atoms with Gasteiger partial charge >= 0.3 is 5.97 Å². The zero-order chi connectivity index (χ0) is 25.1. The van der Waals surface area contributed by atoms with Gasteiger partial charge in [0.1, 0.15) is 0 Å². The summed E-state index contributed by atoms with van der Waals surface area (Å²) < 4.78 is 5.09. The molecule has 1 unspecified atom stereocenters. The fourth-order valence-corrected chi connectivity index (χ4v) is 5.00. The number of nitrogens with two attached hydrogens (primary N) is 1. The molecule has 1 heterocycles. The van der Waals surface area contributed by atoms with E-state index in [4.69, 9.17) is 33.7 Å². The third-order valence-corrected chi connectivity index (χ3v) is 6.94. The van der Waals surface area contributed by atoms with Crippen LogP contribution in [0.2, 0.25) is 10.0 Å². The van der Waals surface area contributed by atoms with Gasteiger partial charge in [-0.05, 0) is 66.7 Å². The van der Waals surface area contributed by atoms with Gasteiger partial charge in [-0.25, -0.2) is 9.69 Å². The molecule has 3 aromatic rings. The Morgan fingerprint density at radius 1 is 1.00 bits per heavy atom. The molecule has 3 aromatic carbocycles. The maximum Gasteiger partial charge on any atom is 0.338 e. The summed E-state index contributed by atoms with van der Waals surface area (Å²) in [6, 6.07) is 17.3. The summed E-state index contributed by atoms with van der Waals surface area (Å²) in [5.41, 5.74) is 7.00. The minimum absolute atomic E-state index is 0.0625. The number of nitrogen functional groups attached to an aromatic ring is 1. The number of anilines is 2. The van der Waals surface area contributed by atoms with Gasteiger partial charge < -0.3 is 10.5 Å². The van der Waals surface area contributed by atoms with E-state index in [0.29, 0.717) is 16.4 Å². The van der Waals surface area contributed by atoms with E-state index in [9.17, 15) is 19.2 Å². The Labute approximate surface area is 215 Å². The van der Waals surface area contributed by atoms with Crippen molar-refractivity contribution < 1.29 is 23.9 Å². The van der Waals surface area contributed by atoms with Crippen molar-refractivity contribution in [1.82, 2.24) is 0 Å². The van der Waals surface area contributed by atoms with E-state index >= 15 is 0 Å². The Kier molecular flexibility index (Phi) is 7.45. The van der Waals surface area contributed by atoms with Gasteiger partial charge in [0.05, 0.1) is 21.5 Å². The fourth-order valence-electron chi connectivity index (χ4n) is 3.43. The highest BCUT2D eigenvalue weighted by atomic mass is 35.5. The molecule has 35 heavy (non-hydrogen) atoms. The molecule has 0 aromatic heterocycles. The number of hydrogen-bond donors (Lipinski definition) is 1. The van der Waals surface area contributed by atoms with Crippen LogP contribution in [-0.4, -0.2) is 35.4 Å². The molecule has 0 aliphatic carbocycles. The van der Waals surface area contributed by atoms with E-state index in [1.165, 1.54) is 54.2 Å². The normalized spacial score (nSPS) is 15.4. The van der Waals surface area contributed by atoms with Crippen LogP contribution in [0.25, 0.3) is 0 Å². The lowest BCUT2D eigenvalue weighted by Gasteiger charge is -2.15. The van der Waals surface area contributed by atoms with Gasteiger partial charge in [0, 0.05) is 27.6 Å². The molecule has 178 valence electrons. The molecule has 0 radical (unpaired) electrons. The molecule has 1 aliphatic rings. The van der Waals surface area contributed by atoms with Crippen molar-refractivity contribution in [3.8, 4) is 0 Å². The molecule has 0 spiro atoms. The minimum Gasteiger partial charge on any atom is -0.454 e. The number of halogens is 2. The number of esters is 1. The first-order chi connectivity index (χ1) is 16.7. The van der Waals surface area contributed by atoms with Crippen LogP contribution in [0.4, 0.5) is 11.4 Å². The standard InChI is InChI=1S/C25H18Cl2N2O5S/c26-15-3-10-19(20(27)11-15)21(30)13-34-25(33)14-1-6-17(7-2-14)29-23(31)12-22(24(29)32)35-18-8-4-16(28)5-9-18/h1-11,22H,12-13,28H2. The van der Waals surface area contributed by atoms with Gasteiger partial charge in [-0.1, -0.05) is 23.2 Å². The predicted octanol–water partition coefficient (Wildman–Crippen LogP) is 5.04. The lowest BCUT2D eigenvalue weighted by atomic mass is 10.1. The second-order valence-electron chi connectivity index (χ2n) is 7.62. The Balaban J connectivity index is 1.38. The zero-order valence-electron chi connectivity index (χ0n) is 18.1. The van der Waals surface area contributed by atoms with Crippen LogP contribution < -0.4 is 10.6 Å². The topological polar surface area (TPSA) is 107 Å². The number of thioether (sulfide) groups is 1. The number of Topliss-reactive ketones (excluding diaryl/α,β-unsaturated/α-hetero) is 1. The van der Waals surface area contributed by atoms with Crippen molar-refractivity contribution in [3.05, 3.63) is 87.9 Å². The zero-order valence-corrected chi connectivity index (χ0v) is 20.4. The SMILES string of the molecule is Nc1ccc(SC2CC(=O)N(c3ccc(C(=O)OCC(=O)c4ccc(Cl)cc4Cl)cc3)C2=O)cc1. The van der Waals surface area contributed by atoms with Crippen molar-refractivity contribution in [2.45, 2.75) is 16.6 Å². The summed E-state index contributed by atoms with van der Waals surface area (Å²) in [7, 11) is 0. The molecule has 1 saturated heterocycles. The van der Waals surface area contributed by atoms with Crippen LogP contribution >= 0.6 is 35.0 Å². The van der Waals surface area contributed by atoms with E-state index in [2.05, 4.69) is 0 Å². The van der Waals surface area contributed by atoms with Crippen LogP contribution in [0, 0.1) is 0 Å². The van der Waals surface area contributed by atoms with Crippen molar-refractivity contribution in [1.29, 1.82) is 0 Å². The number of benzene rings is 3. The van der Waals surface area contributed by atoms with Crippen LogP contribution in [0.15, 0.2) is 71.6 Å². The predicted molar refractivity (Wildman–Crippen MR) is 135 cm³/mol. The van der Waals surface area contributed by atoms with Crippen LogP contribution in [0.5, 0.6) is 0 Å². The van der Waals surface area contributed by atoms with Gasteiger partial charge in [0.2, 0.25) is 17.6 Å². The number of amides is 2. The quantitative estimate of drug-likeness (QED) is 0.198. The molecule has 0 saturated carbocycles. The lowest BCUT2D eigenvalue weighted by molar-refractivity contribution is -0.121. The Hall–Kier alpha value is -3.33. The monoisotopic (exact) mass is 528 g/mol. The molecular weight excluding hydrogens is 511 g/mol. The van der Waals surface area contributed by atoms with E-state index in [1.807, 2.05) is 0 Å². The summed E-state index contributed by atoms with van der Waals surface area (Å²) in [5, 5.41) is -0.00838. The van der Waals surface area contributed by atoms with Gasteiger partial charge in [-0.15, -0.1) is 11.8 Å². The molecule has 2 N–H and O–H groups in total. The smallest absolute Gasteiger partial charge is 0.338 e. The first-order valence-corrected chi connectivity index (χ1v) is 12.0. The summed E-state index contributed by atoms with van der Waals surface area (Å²) >= 11 is 13.1. The summed E-state index contributed by atoms with van der Waals surface area (Å²) in [6.45, 7) is -0.505. The second-order valence-corrected chi connectivity index (χ2v) is 9.74. The molecule has 2 amide bonds. The number of hydrogen-bond acceptors (Lipinski definition) is 7. The number of ether oxygens (including phenoxy) is 1. The highest BCUT2D eigenvalue weighted by Crippen LogP contribution is 2.34. The van der Waals surface area contributed by atoms with E-state index < -0.39 is 23.6 Å². The van der Waals surface area contributed by atoms with Gasteiger partial charge in [-0.2, -0.15) is 0 Å². The molecule has 7 nitrogen and oxygen atoms in total. The average Bonchev–Trinajstić information content (AvgIpc) is 3.11. The first kappa shape index (κ1) is 24.8. The molecule has 10 heteroatoms. The summed E-state index contributed by atoms with van der Waals surface area (Å²) in [5.74, 6) is -1.87. The Morgan fingerprint density at radius 3 is 2.34 bits per heavy atom. The van der Waals surface area contributed by atoms with E-state index in [1.54, 1.807) is 24.3 Å². The van der Waals surface area contributed by atoms with Crippen LogP contribution in [0.1, 0.15) is 27.1 Å². The van der Waals surface area contributed by atoms with Crippen molar-refractivity contribution in [2.75, 3.05) is 17.2 Å². The maximum absolute atomic E-state index is 12.9. The number of imide groups is 1. The van der Waals surface area contributed by atoms with Gasteiger partial charge in [0.25, 0.3) is 0 Å². The Bertz CT molecular complexity index is 1310. The molecule has 1 atom stereocenters. The Morgan fingerprint density at radius 2 is 1.69 bits per heavy atom. The van der Waals surface area contributed by atoms with Crippen LogP contribution in [0.3, 0.4) is 0 Å². The van der Waals surface area contributed by atoms with Gasteiger partial charge in [-0.3, -0.25) is 14.4 Å². The minimum atomic E-state index is -0.731.